The van der Waals surface area contributed by atoms with Crippen molar-refractivity contribution in [3.8, 4) is 11.3 Å². The van der Waals surface area contributed by atoms with Crippen molar-refractivity contribution in [1.29, 1.82) is 0 Å². The smallest absolute Gasteiger partial charge is 0.155 e. The molecule has 31 heavy (non-hydrogen) atoms. The fraction of sp³-hybridized carbons (Fsp3) is 0.200. The van der Waals surface area contributed by atoms with Crippen LogP contribution in [0.15, 0.2) is 61.0 Å². The van der Waals surface area contributed by atoms with Gasteiger partial charge in [-0.3, -0.25) is 9.20 Å². The van der Waals surface area contributed by atoms with Gasteiger partial charge in [-0.1, -0.05) is 48.0 Å². The standard InChI is InChI=1S/C25H19ClN4O/c26-24-23-22(29-25(18-12-19(31)13-18)30(23)11-10-27-24)17-7-6-16-8-9-20(28-21(16)14-17)15-4-2-1-3-5-15/h1-2,4,6-11,14,18H,3,5,12-13H2. The number of Topliss-reactive ketones (excluding diaryl/α,β-unsaturated/α-hetero) is 1. The van der Waals surface area contributed by atoms with E-state index >= 15 is 0 Å². The van der Waals surface area contributed by atoms with Gasteiger partial charge < -0.3 is 0 Å². The fourth-order valence-electron chi connectivity index (χ4n) is 4.45. The molecule has 5 nitrogen and oxygen atoms in total. The van der Waals surface area contributed by atoms with Crippen LogP contribution in [0.1, 0.15) is 43.1 Å². The topological polar surface area (TPSA) is 60.2 Å². The van der Waals surface area contributed by atoms with Crippen LogP contribution in [0.4, 0.5) is 0 Å². The molecule has 0 amide bonds. The van der Waals surface area contributed by atoms with Gasteiger partial charge in [-0.2, -0.15) is 0 Å². The normalized spacial score (nSPS) is 16.7. The molecule has 3 aromatic heterocycles. The number of hydrogen-bond donors (Lipinski definition) is 0. The lowest BCUT2D eigenvalue weighted by Gasteiger charge is -2.22. The number of nitrogens with zero attached hydrogens (tertiary/aromatic N) is 4. The van der Waals surface area contributed by atoms with Gasteiger partial charge in [0.1, 0.15) is 17.1 Å². The van der Waals surface area contributed by atoms with E-state index in [0.717, 1.165) is 52.0 Å². The number of pyridine rings is 1. The summed E-state index contributed by atoms with van der Waals surface area (Å²) in [5.41, 5.74) is 5.69. The third kappa shape index (κ3) is 3.08. The maximum absolute atomic E-state index is 11.6. The lowest BCUT2D eigenvalue weighted by atomic mass is 9.83. The molecule has 0 bridgehead atoms. The van der Waals surface area contributed by atoms with Crippen molar-refractivity contribution < 1.29 is 4.79 Å². The molecule has 2 aliphatic rings. The highest BCUT2D eigenvalue weighted by molar-refractivity contribution is 6.33. The maximum Gasteiger partial charge on any atom is 0.155 e. The predicted molar refractivity (Wildman–Crippen MR) is 122 cm³/mol. The Morgan fingerprint density at radius 1 is 1.10 bits per heavy atom. The lowest BCUT2D eigenvalue weighted by Crippen LogP contribution is -2.23. The van der Waals surface area contributed by atoms with Gasteiger partial charge in [0.15, 0.2) is 5.15 Å². The lowest BCUT2D eigenvalue weighted by molar-refractivity contribution is -0.124. The molecule has 1 saturated carbocycles. The number of allylic oxidation sites excluding steroid dienone is 4. The zero-order valence-electron chi connectivity index (χ0n) is 16.8. The second kappa shape index (κ2) is 7.13. The van der Waals surface area contributed by atoms with Crippen molar-refractivity contribution in [1.82, 2.24) is 19.4 Å². The average Bonchev–Trinajstić information content (AvgIpc) is 3.17. The van der Waals surface area contributed by atoms with E-state index in [0.29, 0.717) is 18.0 Å². The van der Waals surface area contributed by atoms with Gasteiger partial charge in [0.05, 0.1) is 16.9 Å². The number of ketones is 1. The molecular formula is C25H19ClN4O. The summed E-state index contributed by atoms with van der Waals surface area (Å²) in [6.45, 7) is 0. The molecule has 0 unspecified atom stereocenters. The number of hydrogen-bond acceptors (Lipinski definition) is 4. The second-order valence-electron chi connectivity index (χ2n) is 8.16. The molecule has 3 heterocycles. The number of rotatable bonds is 3. The Bertz CT molecular complexity index is 1420. The van der Waals surface area contributed by atoms with Gasteiger partial charge in [-0.15, -0.1) is 0 Å². The number of aromatic nitrogens is 4. The van der Waals surface area contributed by atoms with Gasteiger partial charge in [0.25, 0.3) is 0 Å². The van der Waals surface area contributed by atoms with Crippen molar-refractivity contribution in [3.63, 3.8) is 0 Å². The summed E-state index contributed by atoms with van der Waals surface area (Å²) in [5, 5.41) is 1.49. The first-order valence-electron chi connectivity index (χ1n) is 10.5. The number of imidazole rings is 1. The number of fused-ring (bicyclic) bond motifs is 2. The SMILES string of the molecule is O=C1CC(c2nc(-c3ccc4ccc(C5=CC=CCC5)nc4c3)c3c(Cl)nccn23)C1. The molecule has 6 rings (SSSR count). The average molecular weight is 427 g/mol. The number of carbonyl (C=O) groups excluding carboxylic acids is 1. The minimum atomic E-state index is 0.128. The van der Waals surface area contributed by atoms with E-state index in [9.17, 15) is 4.79 Å². The van der Waals surface area contributed by atoms with Crippen LogP contribution in [0.2, 0.25) is 5.15 Å². The quantitative estimate of drug-likeness (QED) is 0.416. The molecule has 0 saturated heterocycles. The highest BCUT2D eigenvalue weighted by atomic mass is 35.5. The molecule has 1 aromatic carbocycles. The van der Waals surface area contributed by atoms with Crippen LogP contribution in [0.5, 0.6) is 0 Å². The van der Waals surface area contributed by atoms with Crippen LogP contribution in [-0.4, -0.2) is 25.1 Å². The number of benzene rings is 1. The summed E-state index contributed by atoms with van der Waals surface area (Å²) in [6, 6.07) is 10.4. The first-order valence-corrected chi connectivity index (χ1v) is 10.9. The summed E-state index contributed by atoms with van der Waals surface area (Å²) in [5.74, 6) is 1.27. The van der Waals surface area contributed by atoms with Crippen LogP contribution in [-0.2, 0) is 4.79 Å². The summed E-state index contributed by atoms with van der Waals surface area (Å²) in [7, 11) is 0. The molecule has 0 atom stereocenters. The molecule has 152 valence electrons. The van der Waals surface area contributed by atoms with Crippen molar-refractivity contribution in [2.75, 3.05) is 0 Å². The maximum atomic E-state index is 11.6. The first-order chi connectivity index (χ1) is 15.2. The fourth-order valence-corrected chi connectivity index (χ4v) is 4.68. The van der Waals surface area contributed by atoms with Crippen LogP contribution >= 0.6 is 11.6 Å². The van der Waals surface area contributed by atoms with Crippen molar-refractivity contribution in [2.45, 2.75) is 31.6 Å². The minimum absolute atomic E-state index is 0.128. The van der Waals surface area contributed by atoms with Gasteiger partial charge in [-0.25, -0.2) is 15.0 Å². The Morgan fingerprint density at radius 2 is 1.97 bits per heavy atom. The molecule has 0 aliphatic heterocycles. The third-order valence-electron chi connectivity index (χ3n) is 6.16. The summed E-state index contributed by atoms with van der Waals surface area (Å²) < 4.78 is 1.98. The van der Waals surface area contributed by atoms with Gasteiger partial charge in [-0.05, 0) is 30.5 Å². The molecular weight excluding hydrogens is 408 g/mol. The van der Waals surface area contributed by atoms with E-state index in [4.69, 9.17) is 21.6 Å². The molecule has 4 aromatic rings. The highest BCUT2D eigenvalue weighted by Gasteiger charge is 2.32. The van der Waals surface area contributed by atoms with E-state index < -0.39 is 0 Å². The molecule has 1 fully saturated rings. The van der Waals surface area contributed by atoms with E-state index in [1.165, 1.54) is 5.57 Å². The highest BCUT2D eigenvalue weighted by Crippen LogP contribution is 2.38. The Hall–Kier alpha value is -3.31. The van der Waals surface area contributed by atoms with Gasteiger partial charge in [0.2, 0.25) is 0 Å². The van der Waals surface area contributed by atoms with Crippen LogP contribution in [0.25, 0.3) is 33.3 Å². The Kier molecular flexibility index (Phi) is 4.25. The van der Waals surface area contributed by atoms with Crippen LogP contribution in [0.3, 0.4) is 0 Å². The Morgan fingerprint density at radius 3 is 2.77 bits per heavy atom. The van der Waals surface area contributed by atoms with Crippen LogP contribution in [0, 0.1) is 0 Å². The van der Waals surface area contributed by atoms with Crippen molar-refractivity contribution in [2.24, 2.45) is 0 Å². The summed E-state index contributed by atoms with van der Waals surface area (Å²) >= 11 is 6.50. The zero-order chi connectivity index (χ0) is 20.9. The molecule has 6 heteroatoms. The Labute approximate surface area is 184 Å². The summed E-state index contributed by atoms with van der Waals surface area (Å²) in [6.07, 6.45) is 13.1. The first kappa shape index (κ1) is 18.5. The van der Waals surface area contributed by atoms with Crippen molar-refractivity contribution >= 4 is 39.4 Å². The monoisotopic (exact) mass is 426 g/mol. The Balaban J connectivity index is 1.50. The second-order valence-corrected chi connectivity index (χ2v) is 8.52. The minimum Gasteiger partial charge on any atom is -0.300 e. The molecule has 0 spiro atoms. The van der Waals surface area contributed by atoms with Gasteiger partial charge >= 0.3 is 0 Å². The van der Waals surface area contributed by atoms with E-state index in [1.54, 1.807) is 6.20 Å². The zero-order valence-corrected chi connectivity index (χ0v) is 17.5. The van der Waals surface area contributed by atoms with E-state index in [-0.39, 0.29) is 11.7 Å². The third-order valence-corrected chi connectivity index (χ3v) is 6.44. The molecule has 0 radical (unpaired) electrons. The molecule has 0 N–H and O–H groups in total. The number of carbonyl (C=O) groups is 1. The summed E-state index contributed by atoms with van der Waals surface area (Å²) in [4.78, 5) is 25.7. The van der Waals surface area contributed by atoms with E-state index in [2.05, 4.69) is 47.5 Å². The van der Waals surface area contributed by atoms with E-state index in [1.807, 2.05) is 16.7 Å². The largest absolute Gasteiger partial charge is 0.300 e. The van der Waals surface area contributed by atoms with Crippen molar-refractivity contribution in [3.05, 3.63) is 77.6 Å². The molecule has 2 aliphatic carbocycles. The number of halogens is 1. The van der Waals surface area contributed by atoms with Crippen LogP contribution < -0.4 is 0 Å². The van der Waals surface area contributed by atoms with Gasteiger partial charge in [0, 0.05) is 42.1 Å². The predicted octanol–water partition coefficient (Wildman–Crippen LogP) is 5.78.